The van der Waals surface area contributed by atoms with E-state index in [2.05, 4.69) is 0 Å². The van der Waals surface area contributed by atoms with Gasteiger partial charge in [-0.25, -0.2) is 4.39 Å². The van der Waals surface area contributed by atoms with Crippen LogP contribution in [-0.4, -0.2) is 18.2 Å². The number of benzene rings is 3. The van der Waals surface area contributed by atoms with E-state index in [1.54, 1.807) is 7.11 Å². The first-order chi connectivity index (χ1) is 18.0. The molecule has 0 unspecified atom stereocenters. The van der Waals surface area contributed by atoms with Crippen LogP contribution in [0.2, 0.25) is 0 Å². The number of carbonyl (C=O) groups is 1. The fourth-order valence-corrected chi connectivity index (χ4v) is 3.78. The quantitative estimate of drug-likeness (QED) is 0.250. The first-order valence-corrected chi connectivity index (χ1v) is 12.4. The highest BCUT2D eigenvalue weighted by molar-refractivity contribution is 5.93. The van der Waals surface area contributed by atoms with Crippen LogP contribution in [0.25, 0.3) is 22.1 Å². The third kappa shape index (κ3) is 7.90. The summed E-state index contributed by atoms with van der Waals surface area (Å²) in [6, 6.07) is 17.5. The topological polar surface area (TPSA) is 94.9 Å². The third-order valence-electron chi connectivity index (χ3n) is 5.25. The number of aliphatic carboxylic acids is 1. The molecule has 0 aliphatic carbocycles. The van der Waals surface area contributed by atoms with Crippen molar-refractivity contribution in [2.45, 2.75) is 53.9 Å². The molecule has 0 aliphatic heterocycles. The zero-order valence-corrected chi connectivity index (χ0v) is 22.1. The maximum atomic E-state index is 13.8. The molecule has 0 fully saturated rings. The number of nitrogens with two attached hydrogens (primary N) is 1. The first-order valence-electron chi connectivity index (χ1n) is 12.4. The number of furan rings is 1. The van der Waals surface area contributed by atoms with Crippen molar-refractivity contribution in [2.24, 2.45) is 5.73 Å². The lowest BCUT2D eigenvalue weighted by Gasteiger charge is -2.12. The Kier molecular flexibility index (Phi) is 11.8. The number of hydrogen-bond donors (Lipinski definition) is 2. The standard InChI is InChI=1S/C26H24FNO5.2C2H6/c1-31-15-22-10-20-8-17(14-32-24-12-21(27)6-5-19(24)11-25(29)30)9-23(26(20)33-22)18-4-2-3-16(7-18)13-28;2*1-2/h2-10,12H,11,13-15,28H2,1H3,(H,29,30);2*1-2H3. The van der Waals surface area contributed by atoms with Crippen LogP contribution in [0, 0.1) is 5.82 Å². The lowest BCUT2D eigenvalue weighted by atomic mass is 9.99. The second-order valence-electron chi connectivity index (χ2n) is 7.72. The zero-order valence-electron chi connectivity index (χ0n) is 22.1. The van der Waals surface area contributed by atoms with Crippen molar-refractivity contribution in [3.05, 3.63) is 88.9 Å². The van der Waals surface area contributed by atoms with E-state index in [-0.39, 0.29) is 18.8 Å². The van der Waals surface area contributed by atoms with Gasteiger partial charge in [-0.05, 0) is 47.0 Å². The molecule has 0 saturated carbocycles. The molecule has 0 saturated heterocycles. The summed E-state index contributed by atoms with van der Waals surface area (Å²) in [5, 5.41) is 10.0. The molecule has 37 heavy (non-hydrogen) atoms. The lowest BCUT2D eigenvalue weighted by molar-refractivity contribution is -0.136. The molecule has 6 nitrogen and oxygen atoms in total. The highest BCUT2D eigenvalue weighted by atomic mass is 19.1. The maximum Gasteiger partial charge on any atom is 0.307 e. The summed E-state index contributed by atoms with van der Waals surface area (Å²) in [6.45, 7) is 8.88. The van der Waals surface area contributed by atoms with Gasteiger partial charge in [0.05, 0.1) is 6.42 Å². The summed E-state index contributed by atoms with van der Waals surface area (Å²) < 4.78 is 30.9. The predicted molar refractivity (Wildman–Crippen MR) is 145 cm³/mol. The highest BCUT2D eigenvalue weighted by Crippen LogP contribution is 2.34. The number of methoxy groups -OCH3 is 1. The average molecular weight is 510 g/mol. The molecule has 0 amide bonds. The van der Waals surface area contributed by atoms with E-state index in [1.807, 2.05) is 70.2 Å². The Bertz CT molecular complexity index is 1300. The molecule has 1 heterocycles. The number of rotatable bonds is 9. The number of carboxylic acids is 1. The Balaban J connectivity index is 0.00000115. The van der Waals surface area contributed by atoms with Gasteiger partial charge in [-0.3, -0.25) is 4.79 Å². The Morgan fingerprint density at radius 3 is 2.41 bits per heavy atom. The Morgan fingerprint density at radius 2 is 1.73 bits per heavy atom. The molecule has 3 aromatic carbocycles. The molecular formula is C30H36FNO5. The molecule has 0 spiro atoms. The number of hydrogen-bond acceptors (Lipinski definition) is 5. The normalized spacial score (nSPS) is 10.2. The Morgan fingerprint density at radius 1 is 0.973 bits per heavy atom. The Labute approximate surface area is 217 Å². The predicted octanol–water partition coefficient (Wildman–Crippen LogP) is 7.10. The number of carboxylic acid groups (broad SMARTS) is 1. The van der Waals surface area contributed by atoms with Gasteiger partial charge in [0.1, 0.15) is 36.1 Å². The maximum absolute atomic E-state index is 13.8. The van der Waals surface area contributed by atoms with Crippen LogP contribution in [0.4, 0.5) is 4.39 Å². The number of ether oxygens (including phenoxy) is 2. The summed E-state index contributed by atoms with van der Waals surface area (Å²) in [6.07, 6.45) is -0.256. The molecule has 198 valence electrons. The van der Waals surface area contributed by atoms with Crippen molar-refractivity contribution >= 4 is 16.9 Å². The van der Waals surface area contributed by atoms with Crippen LogP contribution in [0.1, 0.15) is 50.1 Å². The molecule has 4 rings (SSSR count). The lowest BCUT2D eigenvalue weighted by Crippen LogP contribution is -2.05. The summed E-state index contributed by atoms with van der Waals surface area (Å²) in [7, 11) is 1.60. The van der Waals surface area contributed by atoms with Crippen molar-refractivity contribution in [2.75, 3.05) is 7.11 Å². The fraction of sp³-hybridized carbons (Fsp3) is 0.300. The molecule has 1 aromatic heterocycles. The van der Waals surface area contributed by atoms with Crippen molar-refractivity contribution in [3.63, 3.8) is 0 Å². The van der Waals surface area contributed by atoms with Gasteiger partial charge in [0.25, 0.3) is 0 Å². The first kappa shape index (κ1) is 29.5. The van der Waals surface area contributed by atoms with E-state index in [1.165, 1.54) is 18.2 Å². The van der Waals surface area contributed by atoms with Crippen molar-refractivity contribution in [3.8, 4) is 16.9 Å². The molecule has 0 bridgehead atoms. The van der Waals surface area contributed by atoms with E-state index < -0.39 is 11.8 Å². The summed E-state index contributed by atoms with van der Waals surface area (Å²) >= 11 is 0. The molecule has 4 aromatic rings. The molecule has 0 atom stereocenters. The summed E-state index contributed by atoms with van der Waals surface area (Å²) in [4.78, 5) is 11.2. The van der Waals surface area contributed by atoms with Gasteiger partial charge in [-0.2, -0.15) is 0 Å². The SMILES string of the molecule is CC.CC.COCc1cc2cc(COc3cc(F)ccc3CC(=O)O)cc(-c3cccc(CN)c3)c2o1. The highest BCUT2D eigenvalue weighted by Gasteiger charge is 2.15. The van der Waals surface area contributed by atoms with Crippen LogP contribution in [0.15, 0.2) is 65.1 Å². The molecule has 7 heteroatoms. The Hall–Kier alpha value is -3.68. The van der Waals surface area contributed by atoms with Gasteiger partial charge in [0, 0.05) is 36.2 Å². The van der Waals surface area contributed by atoms with Gasteiger partial charge in [0.2, 0.25) is 0 Å². The van der Waals surface area contributed by atoms with Crippen LogP contribution < -0.4 is 10.5 Å². The monoisotopic (exact) mass is 509 g/mol. The average Bonchev–Trinajstić information content (AvgIpc) is 3.33. The molecule has 0 radical (unpaired) electrons. The van der Waals surface area contributed by atoms with Gasteiger partial charge in [-0.1, -0.05) is 52.0 Å². The van der Waals surface area contributed by atoms with Crippen LogP contribution in [0.3, 0.4) is 0 Å². The van der Waals surface area contributed by atoms with E-state index in [0.717, 1.165) is 33.2 Å². The van der Waals surface area contributed by atoms with Crippen molar-refractivity contribution < 1.29 is 28.2 Å². The fourth-order valence-electron chi connectivity index (χ4n) is 3.78. The summed E-state index contributed by atoms with van der Waals surface area (Å²) in [5.41, 5.74) is 10.6. The summed E-state index contributed by atoms with van der Waals surface area (Å²) in [5.74, 6) is -0.612. The smallest absolute Gasteiger partial charge is 0.307 e. The van der Waals surface area contributed by atoms with E-state index >= 15 is 0 Å². The second-order valence-corrected chi connectivity index (χ2v) is 7.72. The van der Waals surface area contributed by atoms with Gasteiger partial charge >= 0.3 is 5.97 Å². The second kappa shape index (κ2) is 14.8. The minimum absolute atomic E-state index is 0.125. The zero-order chi connectivity index (χ0) is 27.4. The van der Waals surface area contributed by atoms with Gasteiger partial charge in [-0.15, -0.1) is 0 Å². The van der Waals surface area contributed by atoms with E-state index in [0.29, 0.717) is 24.5 Å². The number of halogens is 1. The minimum Gasteiger partial charge on any atom is -0.488 e. The van der Waals surface area contributed by atoms with Crippen LogP contribution in [0.5, 0.6) is 5.75 Å². The van der Waals surface area contributed by atoms with Crippen molar-refractivity contribution in [1.82, 2.24) is 0 Å². The van der Waals surface area contributed by atoms with Crippen molar-refractivity contribution in [1.29, 1.82) is 0 Å². The van der Waals surface area contributed by atoms with Gasteiger partial charge in [0.15, 0.2) is 0 Å². The van der Waals surface area contributed by atoms with Crippen LogP contribution in [-0.2, 0) is 35.7 Å². The number of fused-ring (bicyclic) bond motifs is 1. The largest absolute Gasteiger partial charge is 0.488 e. The van der Waals surface area contributed by atoms with Crippen LogP contribution >= 0.6 is 0 Å². The van der Waals surface area contributed by atoms with E-state index in [4.69, 9.17) is 24.7 Å². The van der Waals surface area contributed by atoms with E-state index in [9.17, 15) is 9.18 Å². The molecular weight excluding hydrogens is 473 g/mol. The molecule has 0 aliphatic rings. The third-order valence-corrected chi connectivity index (χ3v) is 5.25. The minimum atomic E-state index is -1.01. The van der Waals surface area contributed by atoms with Gasteiger partial charge < -0.3 is 24.7 Å². The molecule has 3 N–H and O–H groups in total.